The molecule has 0 aromatic heterocycles. The normalized spacial score (nSPS) is 16.5. The van der Waals surface area contributed by atoms with Gasteiger partial charge in [0.1, 0.15) is 5.75 Å². The lowest BCUT2D eigenvalue weighted by atomic mass is 9.93. The van der Waals surface area contributed by atoms with Gasteiger partial charge in [0, 0.05) is 11.3 Å². The molecule has 2 aromatic carbocycles. The van der Waals surface area contributed by atoms with E-state index in [4.69, 9.17) is 17.0 Å². The van der Waals surface area contributed by atoms with Crippen LogP contribution >= 0.6 is 12.2 Å². The van der Waals surface area contributed by atoms with Crippen LogP contribution in [0.15, 0.2) is 65.9 Å². The first-order valence-corrected chi connectivity index (χ1v) is 9.51. The van der Waals surface area contributed by atoms with Gasteiger partial charge in [-0.15, -0.1) is 0 Å². The van der Waals surface area contributed by atoms with E-state index in [2.05, 4.69) is 34.9 Å². The molecule has 1 atom stereocenters. The summed E-state index contributed by atoms with van der Waals surface area (Å²) in [5.41, 5.74) is 3.82. The highest BCUT2D eigenvalue weighted by Crippen LogP contribution is 2.28. The summed E-state index contributed by atoms with van der Waals surface area (Å²) in [7, 11) is 0. The SMILES string of the molecule is CC(=O)C1=C(C)NC(=S)NC1c1ccc(OCCCc2ccccc2)cc1. The molecule has 1 aliphatic heterocycles. The first kappa shape index (κ1) is 19.1. The zero-order valence-electron chi connectivity index (χ0n) is 15.6. The van der Waals surface area contributed by atoms with E-state index in [-0.39, 0.29) is 11.8 Å². The Labute approximate surface area is 165 Å². The van der Waals surface area contributed by atoms with Crippen molar-refractivity contribution in [3.63, 3.8) is 0 Å². The molecule has 0 aliphatic carbocycles. The number of hydrogen-bond acceptors (Lipinski definition) is 3. The van der Waals surface area contributed by atoms with Crippen molar-refractivity contribution < 1.29 is 9.53 Å². The van der Waals surface area contributed by atoms with Crippen LogP contribution in [0.25, 0.3) is 0 Å². The Bertz CT molecular complexity index is 844. The summed E-state index contributed by atoms with van der Waals surface area (Å²) in [5, 5.41) is 6.74. The Hall–Kier alpha value is -2.66. The van der Waals surface area contributed by atoms with E-state index in [0.717, 1.165) is 29.9 Å². The predicted molar refractivity (Wildman–Crippen MR) is 112 cm³/mol. The van der Waals surface area contributed by atoms with E-state index in [1.807, 2.05) is 37.3 Å². The average Bonchev–Trinajstić information content (AvgIpc) is 2.65. The summed E-state index contributed by atoms with van der Waals surface area (Å²) >= 11 is 5.24. The number of carbonyl (C=O) groups excluding carboxylic acids is 1. The fourth-order valence-electron chi connectivity index (χ4n) is 3.28. The number of thiocarbonyl (C=S) groups is 1. The van der Waals surface area contributed by atoms with E-state index in [1.165, 1.54) is 5.56 Å². The van der Waals surface area contributed by atoms with Gasteiger partial charge < -0.3 is 15.4 Å². The number of ether oxygens (including phenoxy) is 1. The molecule has 27 heavy (non-hydrogen) atoms. The van der Waals surface area contributed by atoms with Gasteiger partial charge in [-0.05, 0) is 62.2 Å². The van der Waals surface area contributed by atoms with Crippen molar-refractivity contribution in [1.82, 2.24) is 10.6 Å². The zero-order valence-corrected chi connectivity index (χ0v) is 16.4. The molecule has 0 radical (unpaired) electrons. The summed E-state index contributed by atoms with van der Waals surface area (Å²) in [4.78, 5) is 12.1. The molecule has 0 bridgehead atoms. The van der Waals surface area contributed by atoms with Crippen molar-refractivity contribution in [3.05, 3.63) is 77.0 Å². The second-order valence-electron chi connectivity index (χ2n) is 6.63. The Morgan fingerprint density at radius 1 is 1.11 bits per heavy atom. The molecule has 2 N–H and O–H groups in total. The average molecular weight is 381 g/mol. The van der Waals surface area contributed by atoms with Crippen LogP contribution in [0.3, 0.4) is 0 Å². The van der Waals surface area contributed by atoms with Crippen molar-refractivity contribution in [3.8, 4) is 5.75 Å². The van der Waals surface area contributed by atoms with Crippen LogP contribution in [-0.4, -0.2) is 17.5 Å². The maximum absolute atomic E-state index is 12.1. The van der Waals surface area contributed by atoms with Gasteiger partial charge >= 0.3 is 0 Å². The Morgan fingerprint density at radius 2 is 1.81 bits per heavy atom. The summed E-state index contributed by atoms with van der Waals surface area (Å²) < 4.78 is 5.85. The minimum absolute atomic E-state index is 0.0289. The highest BCUT2D eigenvalue weighted by Gasteiger charge is 2.27. The minimum atomic E-state index is -0.233. The second-order valence-corrected chi connectivity index (χ2v) is 7.04. The van der Waals surface area contributed by atoms with E-state index in [9.17, 15) is 4.79 Å². The molecule has 4 nitrogen and oxygen atoms in total. The molecular weight excluding hydrogens is 356 g/mol. The topological polar surface area (TPSA) is 50.4 Å². The molecule has 1 aliphatic rings. The smallest absolute Gasteiger partial charge is 0.171 e. The molecule has 0 saturated carbocycles. The van der Waals surface area contributed by atoms with Crippen LogP contribution < -0.4 is 15.4 Å². The summed E-state index contributed by atoms with van der Waals surface area (Å²) in [6.07, 6.45) is 1.97. The second kappa shape index (κ2) is 8.82. The summed E-state index contributed by atoms with van der Waals surface area (Å²) in [6, 6.07) is 18.0. The van der Waals surface area contributed by atoms with E-state index in [1.54, 1.807) is 6.92 Å². The van der Waals surface area contributed by atoms with E-state index < -0.39 is 0 Å². The third-order valence-electron chi connectivity index (χ3n) is 4.58. The maximum atomic E-state index is 12.1. The number of aryl methyl sites for hydroxylation is 1. The van der Waals surface area contributed by atoms with Crippen LogP contribution in [0.4, 0.5) is 0 Å². The fraction of sp³-hybridized carbons (Fsp3) is 0.273. The Morgan fingerprint density at radius 3 is 2.48 bits per heavy atom. The van der Waals surface area contributed by atoms with Crippen LogP contribution in [0.2, 0.25) is 0 Å². The van der Waals surface area contributed by atoms with Gasteiger partial charge in [-0.1, -0.05) is 42.5 Å². The standard InChI is InChI=1S/C22H24N2O2S/c1-15-20(16(2)25)21(24-22(27)23-15)18-10-12-19(13-11-18)26-14-6-9-17-7-4-3-5-8-17/h3-5,7-8,10-13,21H,6,9,14H2,1-2H3,(H2,23,24,27). The van der Waals surface area contributed by atoms with Crippen LogP contribution in [-0.2, 0) is 11.2 Å². The van der Waals surface area contributed by atoms with Crippen LogP contribution in [0.1, 0.15) is 37.4 Å². The first-order valence-electron chi connectivity index (χ1n) is 9.10. The van der Waals surface area contributed by atoms with Crippen molar-refractivity contribution in [2.45, 2.75) is 32.7 Å². The quantitative estimate of drug-likeness (QED) is 0.560. The maximum Gasteiger partial charge on any atom is 0.171 e. The lowest BCUT2D eigenvalue weighted by Crippen LogP contribution is -2.44. The molecule has 0 amide bonds. The number of nitrogens with one attached hydrogen (secondary N) is 2. The van der Waals surface area contributed by atoms with Crippen LogP contribution in [0, 0.1) is 0 Å². The van der Waals surface area contributed by atoms with Gasteiger partial charge in [-0.25, -0.2) is 0 Å². The highest BCUT2D eigenvalue weighted by atomic mass is 32.1. The van der Waals surface area contributed by atoms with Crippen molar-refractivity contribution in [1.29, 1.82) is 0 Å². The Kier molecular flexibility index (Phi) is 6.24. The summed E-state index contributed by atoms with van der Waals surface area (Å²) in [5.74, 6) is 0.856. The molecule has 2 aromatic rings. The number of carbonyl (C=O) groups is 1. The molecule has 1 unspecified atom stereocenters. The third kappa shape index (κ3) is 4.95. The van der Waals surface area contributed by atoms with Gasteiger partial charge in [0.25, 0.3) is 0 Å². The molecule has 1 heterocycles. The number of hydrogen-bond donors (Lipinski definition) is 2. The minimum Gasteiger partial charge on any atom is -0.494 e. The summed E-state index contributed by atoms with van der Waals surface area (Å²) in [6.45, 7) is 4.12. The Balaban J connectivity index is 1.60. The lowest BCUT2D eigenvalue weighted by Gasteiger charge is -2.29. The fourth-order valence-corrected chi connectivity index (χ4v) is 3.55. The van der Waals surface area contributed by atoms with Gasteiger partial charge in [0.15, 0.2) is 10.9 Å². The molecule has 3 rings (SSSR count). The highest BCUT2D eigenvalue weighted by molar-refractivity contribution is 7.80. The van der Waals surface area contributed by atoms with Crippen LogP contribution in [0.5, 0.6) is 5.75 Å². The number of rotatable bonds is 7. The third-order valence-corrected chi connectivity index (χ3v) is 4.80. The van der Waals surface area contributed by atoms with E-state index in [0.29, 0.717) is 17.3 Å². The number of benzene rings is 2. The molecule has 0 fully saturated rings. The molecule has 140 valence electrons. The molecule has 0 spiro atoms. The van der Waals surface area contributed by atoms with Gasteiger partial charge in [-0.3, -0.25) is 4.79 Å². The molecule has 5 heteroatoms. The largest absolute Gasteiger partial charge is 0.494 e. The van der Waals surface area contributed by atoms with Crippen molar-refractivity contribution in [2.75, 3.05) is 6.61 Å². The predicted octanol–water partition coefficient (Wildman–Crippen LogP) is 4.08. The molecule has 0 saturated heterocycles. The number of allylic oxidation sites excluding steroid dienone is 1. The number of ketones is 1. The zero-order chi connectivity index (χ0) is 19.2. The van der Waals surface area contributed by atoms with Gasteiger partial charge in [-0.2, -0.15) is 0 Å². The first-order chi connectivity index (χ1) is 13.0. The van der Waals surface area contributed by atoms with Crippen molar-refractivity contribution in [2.24, 2.45) is 0 Å². The monoisotopic (exact) mass is 380 g/mol. The van der Waals surface area contributed by atoms with Gasteiger partial charge in [0.05, 0.1) is 12.6 Å². The van der Waals surface area contributed by atoms with Crippen molar-refractivity contribution >= 4 is 23.1 Å². The number of Topliss-reactive ketones (excluding diaryl/α,β-unsaturated/α-hetero) is 1. The lowest BCUT2D eigenvalue weighted by molar-refractivity contribution is -0.114. The van der Waals surface area contributed by atoms with E-state index >= 15 is 0 Å². The molecular formula is C22H24N2O2S. The van der Waals surface area contributed by atoms with Gasteiger partial charge in [0.2, 0.25) is 0 Å².